The number of benzene rings is 1. The number of aliphatic hydroxyl groups excluding tert-OH is 1. The molecule has 1 unspecified atom stereocenters. The molecule has 2 N–H and O–H groups in total. The van der Waals surface area contributed by atoms with Crippen LogP contribution >= 0.6 is 11.3 Å². The fourth-order valence-electron chi connectivity index (χ4n) is 3.86. The molecule has 2 aliphatic rings. The number of aromatic nitrogens is 1. The molecule has 3 heterocycles. The molecule has 4 rings (SSSR count). The second kappa shape index (κ2) is 10.2. The smallest absolute Gasteiger partial charge is 0.234 e. The lowest BCUT2D eigenvalue weighted by atomic mass is 10.2. The summed E-state index contributed by atoms with van der Waals surface area (Å²) in [6.07, 6.45) is 1.30. The molecule has 0 saturated carbocycles. The molecule has 2 fully saturated rings. The molecule has 1 aromatic carbocycles. The number of thiazole rings is 1. The van der Waals surface area contributed by atoms with Gasteiger partial charge in [0, 0.05) is 63.9 Å². The van der Waals surface area contributed by atoms with Gasteiger partial charge in [-0.05, 0) is 17.7 Å². The van der Waals surface area contributed by atoms with Gasteiger partial charge >= 0.3 is 0 Å². The lowest BCUT2D eigenvalue weighted by molar-refractivity contribution is -0.124. The van der Waals surface area contributed by atoms with Gasteiger partial charge in [0.1, 0.15) is 18.5 Å². The Labute approximate surface area is 181 Å². The zero-order chi connectivity index (χ0) is 20.8. The summed E-state index contributed by atoms with van der Waals surface area (Å²) in [5.41, 5.74) is 1.11. The summed E-state index contributed by atoms with van der Waals surface area (Å²) in [7, 11) is 0. The van der Waals surface area contributed by atoms with Gasteiger partial charge in [-0.1, -0.05) is 12.1 Å². The van der Waals surface area contributed by atoms with E-state index in [1.807, 2.05) is 35.8 Å². The number of piperazine rings is 2. The first-order valence-electron chi connectivity index (χ1n) is 10.4. The lowest BCUT2D eigenvalue weighted by Gasteiger charge is -2.35. The van der Waals surface area contributed by atoms with Gasteiger partial charge < -0.3 is 20.1 Å². The summed E-state index contributed by atoms with van der Waals surface area (Å²) in [5.74, 6) is 0.825. The van der Waals surface area contributed by atoms with Crippen LogP contribution in [0, 0.1) is 0 Å². The standard InChI is InChI=1S/C21H29N5O3S/c27-18(14-24-7-9-26(10-8-24)21-23-5-11-30-21)16-29-19-3-1-2-17(12-19)13-25-6-4-22-20(28)15-25/h1-3,5,11-12,18,27H,4,6-10,13-16H2,(H,22,28). The van der Waals surface area contributed by atoms with E-state index in [-0.39, 0.29) is 12.5 Å². The molecule has 8 nitrogen and oxygen atoms in total. The molecular formula is C21H29N5O3S. The van der Waals surface area contributed by atoms with Crippen molar-refractivity contribution in [1.82, 2.24) is 20.1 Å². The number of hydrogen-bond donors (Lipinski definition) is 2. The molecule has 1 amide bonds. The van der Waals surface area contributed by atoms with Crippen LogP contribution in [0.5, 0.6) is 5.75 Å². The highest BCUT2D eigenvalue weighted by molar-refractivity contribution is 7.13. The van der Waals surface area contributed by atoms with Gasteiger partial charge in [-0.2, -0.15) is 0 Å². The number of β-amino-alcohol motifs (C(OH)–C–C–N with tert-alkyl or cyclic N) is 1. The molecular weight excluding hydrogens is 402 g/mol. The van der Waals surface area contributed by atoms with Crippen LogP contribution < -0.4 is 15.0 Å². The Balaban J connectivity index is 1.19. The summed E-state index contributed by atoms with van der Waals surface area (Å²) in [4.78, 5) is 22.6. The van der Waals surface area contributed by atoms with Gasteiger partial charge in [-0.25, -0.2) is 4.98 Å². The maximum absolute atomic E-state index is 11.5. The van der Waals surface area contributed by atoms with E-state index >= 15 is 0 Å². The minimum Gasteiger partial charge on any atom is -0.491 e. The number of nitrogens with one attached hydrogen (secondary N) is 1. The average molecular weight is 432 g/mol. The molecule has 0 spiro atoms. The van der Waals surface area contributed by atoms with Gasteiger partial charge in [-0.3, -0.25) is 14.6 Å². The number of aliphatic hydroxyl groups is 1. The fraction of sp³-hybridized carbons (Fsp3) is 0.524. The highest BCUT2D eigenvalue weighted by Crippen LogP contribution is 2.19. The Morgan fingerprint density at radius 2 is 2.07 bits per heavy atom. The molecule has 9 heteroatoms. The second-order valence-corrected chi connectivity index (χ2v) is 8.65. The lowest BCUT2D eigenvalue weighted by Crippen LogP contribution is -2.49. The van der Waals surface area contributed by atoms with Crippen molar-refractivity contribution in [3.8, 4) is 5.75 Å². The maximum atomic E-state index is 11.5. The number of carbonyl (C=O) groups is 1. The Morgan fingerprint density at radius 3 is 2.83 bits per heavy atom. The highest BCUT2D eigenvalue weighted by atomic mass is 32.1. The Kier molecular flexibility index (Phi) is 7.16. The van der Waals surface area contributed by atoms with Crippen molar-refractivity contribution in [2.45, 2.75) is 12.6 Å². The second-order valence-electron chi connectivity index (χ2n) is 7.78. The first-order chi connectivity index (χ1) is 14.7. The zero-order valence-corrected chi connectivity index (χ0v) is 17.9. The molecule has 0 radical (unpaired) electrons. The van der Waals surface area contributed by atoms with E-state index in [0.717, 1.165) is 55.7 Å². The summed E-state index contributed by atoms with van der Waals surface area (Å²) in [5, 5.41) is 16.3. The van der Waals surface area contributed by atoms with Gasteiger partial charge in [0.05, 0.1) is 6.54 Å². The van der Waals surface area contributed by atoms with Crippen LogP contribution in [0.3, 0.4) is 0 Å². The van der Waals surface area contributed by atoms with Crippen LogP contribution in [0.15, 0.2) is 35.8 Å². The van der Waals surface area contributed by atoms with E-state index in [4.69, 9.17) is 4.74 Å². The molecule has 162 valence electrons. The van der Waals surface area contributed by atoms with E-state index in [1.165, 1.54) is 0 Å². The van der Waals surface area contributed by atoms with Crippen molar-refractivity contribution in [1.29, 1.82) is 0 Å². The van der Waals surface area contributed by atoms with E-state index in [2.05, 4.69) is 25.0 Å². The predicted octanol–water partition coefficient (Wildman–Crippen LogP) is 0.637. The predicted molar refractivity (Wildman–Crippen MR) is 117 cm³/mol. The Bertz CT molecular complexity index is 811. The number of rotatable bonds is 8. The number of hydrogen-bond acceptors (Lipinski definition) is 8. The minimum atomic E-state index is -0.536. The third-order valence-corrected chi connectivity index (χ3v) is 6.23. The average Bonchev–Trinajstić information content (AvgIpc) is 3.28. The monoisotopic (exact) mass is 431 g/mol. The van der Waals surface area contributed by atoms with Crippen molar-refractivity contribution in [2.75, 3.05) is 63.9 Å². The maximum Gasteiger partial charge on any atom is 0.234 e. The van der Waals surface area contributed by atoms with Gasteiger partial charge in [0.2, 0.25) is 5.91 Å². The van der Waals surface area contributed by atoms with Crippen molar-refractivity contribution >= 4 is 22.4 Å². The van der Waals surface area contributed by atoms with Crippen LogP contribution in [0.4, 0.5) is 5.13 Å². The first-order valence-corrected chi connectivity index (χ1v) is 11.3. The van der Waals surface area contributed by atoms with Crippen molar-refractivity contribution < 1.29 is 14.6 Å². The molecule has 0 bridgehead atoms. The van der Waals surface area contributed by atoms with E-state index in [0.29, 0.717) is 19.6 Å². The molecule has 2 aromatic rings. The highest BCUT2D eigenvalue weighted by Gasteiger charge is 2.21. The third-order valence-electron chi connectivity index (χ3n) is 5.40. The number of carbonyl (C=O) groups excluding carboxylic acids is 1. The quantitative estimate of drug-likeness (QED) is 0.635. The number of amides is 1. The van der Waals surface area contributed by atoms with Crippen LogP contribution in [-0.2, 0) is 11.3 Å². The summed E-state index contributed by atoms with van der Waals surface area (Å²) >= 11 is 1.67. The third kappa shape index (κ3) is 5.91. The Hall–Kier alpha value is -2.20. The zero-order valence-electron chi connectivity index (χ0n) is 17.1. The normalized spacial score (nSPS) is 19.5. The number of ether oxygens (including phenoxy) is 1. The van der Waals surface area contributed by atoms with E-state index < -0.39 is 6.10 Å². The Morgan fingerprint density at radius 1 is 1.20 bits per heavy atom. The topological polar surface area (TPSA) is 81.2 Å². The molecule has 30 heavy (non-hydrogen) atoms. The van der Waals surface area contributed by atoms with E-state index in [1.54, 1.807) is 11.3 Å². The van der Waals surface area contributed by atoms with Crippen LogP contribution in [-0.4, -0.2) is 90.9 Å². The summed E-state index contributed by atoms with van der Waals surface area (Å²) in [6.45, 7) is 7.25. The van der Waals surface area contributed by atoms with Crippen LogP contribution in [0.1, 0.15) is 5.56 Å². The minimum absolute atomic E-state index is 0.0734. The van der Waals surface area contributed by atoms with Gasteiger partial charge in [-0.15, -0.1) is 11.3 Å². The fourth-order valence-corrected chi connectivity index (χ4v) is 4.55. The summed E-state index contributed by atoms with van der Waals surface area (Å²) in [6, 6.07) is 7.90. The molecule has 1 aromatic heterocycles. The number of anilines is 1. The van der Waals surface area contributed by atoms with E-state index in [9.17, 15) is 9.90 Å². The summed E-state index contributed by atoms with van der Waals surface area (Å²) < 4.78 is 5.85. The van der Waals surface area contributed by atoms with Crippen molar-refractivity contribution in [2.24, 2.45) is 0 Å². The largest absolute Gasteiger partial charge is 0.491 e. The SMILES string of the molecule is O=C1CN(Cc2cccc(OCC(O)CN3CCN(c4nccs4)CC3)c2)CCN1. The molecule has 1 atom stereocenters. The van der Waals surface area contributed by atoms with Crippen molar-refractivity contribution in [3.05, 3.63) is 41.4 Å². The molecule has 2 aliphatic heterocycles. The first kappa shape index (κ1) is 21.0. The number of nitrogens with zero attached hydrogens (tertiary/aromatic N) is 4. The van der Waals surface area contributed by atoms with Gasteiger partial charge in [0.25, 0.3) is 0 Å². The van der Waals surface area contributed by atoms with Crippen LogP contribution in [0.25, 0.3) is 0 Å². The van der Waals surface area contributed by atoms with Gasteiger partial charge in [0.15, 0.2) is 5.13 Å². The van der Waals surface area contributed by atoms with Crippen LogP contribution in [0.2, 0.25) is 0 Å². The molecule has 2 saturated heterocycles. The van der Waals surface area contributed by atoms with Crippen molar-refractivity contribution in [3.63, 3.8) is 0 Å². The molecule has 0 aliphatic carbocycles.